The standard InChI is InChI=1S/C30H47N3O2/c1-24(2)23-27-28(34)33(26-16-10-6-11-17-26)30(29(35)31-27)18-21-32(22-19-30)20-12-4-3-7-13-25-14-8-5-9-15-25/h5,8-9,14-15,24,26-27H,3-4,6-7,10-13,16-23H2,1-2H3,(H,31,35)/t27-/m0/s1. The SMILES string of the molecule is CC(C)C[C@@H]1NC(=O)C2(CCN(CCCCCCc3ccccc3)CC2)N(C2CCCCC2)C1=O. The Morgan fingerprint density at radius 3 is 2.31 bits per heavy atom. The molecule has 1 saturated carbocycles. The smallest absolute Gasteiger partial charge is 0.246 e. The predicted molar refractivity (Wildman–Crippen MR) is 142 cm³/mol. The van der Waals surface area contributed by atoms with E-state index in [9.17, 15) is 9.59 Å². The molecule has 0 unspecified atom stereocenters. The topological polar surface area (TPSA) is 52.7 Å². The van der Waals surface area contributed by atoms with Crippen LogP contribution in [0.15, 0.2) is 30.3 Å². The number of unbranched alkanes of at least 4 members (excludes halogenated alkanes) is 3. The van der Waals surface area contributed by atoms with Crippen LogP contribution in [0.4, 0.5) is 0 Å². The second-order valence-corrected chi connectivity index (χ2v) is 11.7. The molecule has 2 saturated heterocycles. The average Bonchev–Trinajstić information content (AvgIpc) is 2.87. The number of carbonyl (C=O) groups is 2. The summed E-state index contributed by atoms with van der Waals surface area (Å²) < 4.78 is 0. The first-order valence-electron chi connectivity index (χ1n) is 14.4. The van der Waals surface area contributed by atoms with E-state index >= 15 is 0 Å². The van der Waals surface area contributed by atoms with Crippen LogP contribution in [0.2, 0.25) is 0 Å². The van der Waals surface area contributed by atoms with Gasteiger partial charge in [-0.15, -0.1) is 0 Å². The molecule has 2 amide bonds. The molecule has 2 aliphatic heterocycles. The Morgan fingerprint density at radius 1 is 0.943 bits per heavy atom. The summed E-state index contributed by atoms with van der Waals surface area (Å²) in [6.45, 7) is 7.21. The minimum atomic E-state index is -0.626. The molecule has 194 valence electrons. The van der Waals surface area contributed by atoms with Crippen molar-refractivity contribution in [3.8, 4) is 0 Å². The molecule has 1 aromatic rings. The van der Waals surface area contributed by atoms with Crippen LogP contribution < -0.4 is 5.32 Å². The lowest BCUT2D eigenvalue weighted by atomic mass is 9.78. The Hall–Kier alpha value is -1.88. The first-order valence-corrected chi connectivity index (χ1v) is 14.4. The van der Waals surface area contributed by atoms with Crippen LogP contribution in [0.3, 0.4) is 0 Å². The highest BCUT2D eigenvalue weighted by atomic mass is 16.2. The van der Waals surface area contributed by atoms with Gasteiger partial charge in [0.05, 0.1) is 0 Å². The summed E-state index contributed by atoms with van der Waals surface area (Å²) in [5, 5.41) is 3.17. The van der Waals surface area contributed by atoms with Gasteiger partial charge in [-0.25, -0.2) is 0 Å². The molecule has 0 bridgehead atoms. The van der Waals surface area contributed by atoms with Gasteiger partial charge >= 0.3 is 0 Å². The van der Waals surface area contributed by atoms with Crippen LogP contribution in [-0.4, -0.2) is 58.9 Å². The first-order chi connectivity index (χ1) is 17.0. The van der Waals surface area contributed by atoms with E-state index in [0.29, 0.717) is 5.92 Å². The maximum atomic E-state index is 13.7. The van der Waals surface area contributed by atoms with Crippen LogP contribution in [0.1, 0.15) is 96.5 Å². The molecule has 0 radical (unpaired) electrons. The Labute approximate surface area is 213 Å². The third-order valence-corrected chi connectivity index (χ3v) is 8.59. The lowest BCUT2D eigenvalue weighted by molar-refractivity contribution is -0.166. The van der Waals surface area contributed by atoms with Gasteiger partial charge in [0, 0.05) is 19.1 Å². The van der Waals surface area contributed by atoms with Crippen molar-refractivity contribution in [2.24, 2.45) is 5.92 Å². The van der Waals surface area contributed by atoms with E-state index in [4.69, 9.17) is 0 Å². The molecule has 35 heavy (non-hydrogen) atoms. The van der Waals surface area contributed by atoms with Crippen molar-refractivity contribution in [1.29, 1.82) is 0 Å². The molecule has 3 fully saturated rings. The van der Waals surface area contributed by atoms with Gasteiger partial charge in [-0.1, -0.05) is 76.3 Å². The van der Waals surface area contributed by atoms with Gasteiger partial charge in [-0.2, -0.15) is 0 Å². The van der Waals surface area contributed by atoms with Crippen molar-refractivity contribution in [3.63, 3.8) is 0 Å². The number of hydrogen-bond donors (Lipinski definition) is 1. The zero-order chi connectivity index (χ0) is 24.7. The van der Waals surface area contributed by atoms with Gasteiger partial charge < -0.3 is 15.1 Å². The van der Waals surface area contributed by atoms with Gasteiger partial charge in [0.2, 0.25) is 11.8 Å². The molecular weight excluding hydrogens is 434 g/mol. The second-order valence-electron chi connectivity index (χ2n) is 11.7. The van der Waals surface area contributed by atoms with Crippen molar-refractivity contribution >= 4 is 11.8 Å². The number of nitrogens with one attached hydrogen (secondary N) is 1. The molecule has 1 spiro atoms. The highest BCUT2D eigenvalue weighted by molar-refractivity contribution is 6.00. The molecule has 1 aromatic carbocycles. The normalized spacial score (nSPS) is 23.7. The van der Waals surface area contributed by atoms with E-state index in [1.165, 1.54) is 56.9 Å². The van der Waals surface area contributed by atoms with E-state index in [1.807, 2.05) is 0 Å². The fourth-order valence-electron chi connectivity index (χ4n) is 6.62. The van der Waals surface area contributed by atoms with E-state index in [2.05, 4.69) is 59.3 Å². The maximum absolute atomic E-state index is 13.7. The van der Waals surface area contributed by atoms with Gasteiger partial charge in [-0.05, 0) is 69.4 Å². The molecular formula is C30H47N3O2. The molecule has 1 atom stereocenters. The third kappa shape index (κ3) is 6.47. The number of carbonyl (C=O) groups excluding carboxylic acids is 2. The molecule has 1 N–H and O–H groups in total. The average molecular weight is 482 g/mol. The van der Waals surface area contributed by atoms with Crippen molar-refractivity contribution in [3.05, 3.63) is 35.9 Å². The van der Waals surface area contributed by atoms with Crippen LogP contribution >= 0.6 is 0 Å². The summed E-state index contributed by atoms with van der Waals surface area (Å²) in [5.74, 6) is 0.701. The summed E-state index contributed by atoms with van der Waals surface area (Å²) in [6, 6.07) is 10.7. The zero-order valence-electron chi connectivity index (χ0n) is 22.1. The summed E-state index contributed by atoms with van der Waals surface area (Å²) >= 11 is 0. The molecule has 1 aliphatic carbocycles. The van der Waals surface area contributed by atoms with E-state index in [0.717, 1.165) is 51.7 Å². The first kappa shape index (κ1) is 26.2. The molecule has 2 heterocycles. The van der Waals surface area contributed by atoms with Crippen LogP contribution in [0, 0.1) is 5.92 Å². The summed E-state index contributed by atoms with van der Waals surface area (Å²) in [7, 11) is 0. The zero-order valence-corrected chi connectivity index (χ0v) is 22.1. The molecule has 5 nitrogen and oxygen atoms in total. The third-order valence-electron chi connectivity index (χ3n) is 8.59. The minimum Gasteiger partial charge on any atom is -0.342 e. The van der Waals surface area contributed by atoms with Gasteiger partial charge in [0.15, 0.2) is 0 Å². The van der Waals surface area contributed by atoms with Gasteiger partial charge in [-0.3, -0.25) is 9.59 Å². The van der Waals surface area contributed by atoms with Crippen molar-refractivity contribution in [1.82, 2.24) is 15.1 Å². The number of likely N-dealkylation sites (tertiary alicyclic amines) is 1. The lowest BCUT2D eigenvalue weighted by Gasteiger charge is -2.55. The molecule has 4 rings (SSSR count). The van der Waals surface area contributed by atoms with Crippen molar-refractivity contribution in [2.75, 3.05) is 19.6 Å². The van der Waals surface area contributed by atoms with Gasteiger partial charge in [0.1, 0.15) is 11.6 Å². The fraction of sp³-hybridized carbons (Fsp3) is 0.733. The fourth-order valence-corrected chi connectivity index (χ4v) is 6.62. The maximum Gasteiger partial charge on any atom is 0.246 e. The number of aryl methyl sites for hydroxylation is 1. The number of hydrogen-bond acceptors (Lipinski definition) is 3. The number of piperazine rings is 1. The highest BCUT2D eigenvalue weighted by Gasteiger charge is 2.55. The Balaban J connectivity index is 1.29. The highest BCUT2D eigenvalue weighted by Crippen LogP contribution is 2.39. The molecule has 0 aromatic heterocycles. The summed E-state index contributed by atoms with van der Waals surface area (Å²) in [4.78, 5) is 32.0. The van der Waals surface area contributed by atoms with Crippen molar-refractivity contribution in [2.45, 2.75) is 115 Å². The number of nitrogens with zero attached hydrogens (tertiary/aromatic N) is 2. The Bertz CT molecular complexity index is 810. The lowest BCUT2D eigenvalue weighted by Crippen LogP contribution is -2.74. The molecule has 3 aliphatic rings. The van der Waals surface area contributed by atoms with E-state index in [-0.39, 0.29) is 23.9 Å². The number of amides is 2. The van der Waals surface area contributed by atoms with Crippen LogP contribution in [0.25, 0.3) is 0 Å². The minimum absolute atomic E-state index is 0.119. The predicted octanol–water partition coefficient (Wildman–Crippen LogP) is 5.33. The number of benzene rings is 1. The monoisotopic (exact) mass is 481 g/mol. The summed E-state index contributed by atoms with van der Waals surface area (Å²) in [5.41, 5.74) is 0.811. The van der Waals surface area contributed by atoms with E-state index < -0.39 is 5.54 Å². The van der Waals surface area contributed by atoms with Gasteiger partial charge in [0.25, 0.3) is 0 Å². The quantitative estimate of drug-likeness (QED) is 0.460. The van der Waals surface area contributed by atoms with Crippen LogP contribution in [0.5, 0.6) is 0 Å². The second kappa shape index (κ2) is 12.4. The molecule has 5 heteroatoms. The Morgan fingerprint density at radius 2 is 1.63 bits per heavy atom. The largest absolute Gasteiger partial charge is 0.342 e. The van der Waals surface area contributed by atoms with Crippen LogP contribution in [-0.2, 0) is 16.0 Å². The van der Waals surface area contributed by atoms with E-state index in [1.54, 1.807) is 0 Å². The Kier molecular flexibility index (Phi) is 9.27. The number of piperidine rings is 1. The number of rotatable bonds is 10. The van der Waals surface area contributed by atoms with Crippen molar-refractivity contribution < 1.29 is 9.59 Å². The summed E-state index contributed by atoms with van der Waals surface area (Å²) in [6.07, 6.45) is 14.2.